The van der Waals surface area contributed by atoms with Crippen molar-refractivity contribution >= 4 is 39.9 Å². The average molecular weight is 387 g/mol. The molecule has 0 saturated heterocycles. The number of aromatic nitrogens is 2. The number of nitrogens with two attached hydrogens (primary N) is 1. The lowest BCUT2D eigenvalue weighted by Gasteiger charge is -2.06. The molecule has 6 heteroatoms. The van der Waals surface area contributed by atoms with Crippen LogP contribution in [0, 0.1) is 11.8 Å². The predicted octanol–water partition coefficient (Wildman–Crippen LogP) is 4.45. The molecule has 0 fully saturated rings. The highest BCUT2D eigenvalue weighted by Crippen LogP contribution is 2.21. The summed E-state index contributed by atoms with van der Waals surface area (Å²) < 4.78 is 0. The lowest BCUT2D eigenvalue weighted by Crippen LogP contribution is -2.11. The molecular formula is C22H15ClN4O. The highest BCUT2D eigenvalue weighted by Gasteiger charge is 2.07. The number of benzene rings is 3. The van der Waals surface area contributed by atoms with Gasteiger partial charge in [0.25, 0.3) is 5.91 Å². The van der Waals surface area contributed by atoms with Crippen molar-refractivity contribution in [2.75, 3.05) is 11.1 Å². The zero-order chi connectivity index (χ0) is 19.5. The normalized spacial score (nSPS) is 10.3. The highest BCUT2D eigenvalue weighted by atomic mass is 35.5. The summed E-state index contributed by atoms with van der Waals surface area (Å²) in [6, 6.07) is 19.8. The number of aromatic amines is 1. The monoisotopic (exact) mass is 386 g/mol. The van der Waals surface area contributed by atoms with E-state index >= 15 is 0 Å². The van der Waals surface area contributed by atoms with Gasteiger partial charge >= 0.3 is 0 Å². The number of halogens is 1. The van der Waals surface area contributed by atoms with Gasteiger partial charge in [0.2, 0.25) is 0 Å². The quantitative estimate of drug-likeness (QED) is 0.445. The molecule has 0 spiro atoms. The van der Waals surface area contributed by atoms with Gasteiger partial charge in [0.15, 0.2) is 5.82 Å². The standard InChI is InChI=1S/C22H15ClN4O/c23-17-7-2-6-16(13-17)22(28)25-18-8-1-4-14(12-18)10-11-15-5-3-9-19-20(15)21(24)27-26-19/h1-9,12-13H,(H,25,28)(H3,24,26,27). The van der Waals surface area contributed by atoms with Crippen LogP contribution in [0.25, 0.3) is 10.9 Å². The van der Waals surface area contributed by atoms with E-state index in [1.54, 1.807) is 24.3 Å². The summed E-state index contributed by atoms with van der Waals surface area (Å²) >= 11 is 5.95. The highest BCUT2D eigenvalue weighted by molar-refractivity contribution is 6.31. The zero-order valence-corrected chi connectivity index (χ0v) is 15.4. The second kappa shape index (κ2) is 7.47. The van der Waals surface area contributed by atoms with Crippen LogP contribution in [0.1, 0.15) is 21.5 Å². The first kappa shape index (κ1) is 17.7. The van der Waals surface area contributed by atoms with Gasteiger partial charge in [-0.2, -0.15) is 5.10 Å². The fourth-order valence-electron chi connectivity index (χ4n) is 2.85. The van der Waals surface area contributed by atoms with Crippen molar-refractivity contribution in [2.24, 2.45) is 0 Å². The molecule has 4 aromatic rings. The fourth-order valence-corrected chi connectivity index (χ4v) is 3.04. The van der Waals surface area contributed by atoms with E-state index in [9.17, 15) is 4.79 Å². The Labute approximate surface area is 166 Å². The smallest absolute Gasteiger partial charge is 0.255 e. The predicted molar refractivity (Wildman–Crippen MR) is 112 cm³/mol. The van der Waals surface area contributed by atoms with E-state index in [-0.39, 0.29) is 5.91 Å². The van der Waals surface area contributed by atoms with Crippen LogP contribution in [-0.4, -0.2) is 16.1 Å². The second-order valence-corrected chi connectivity index (χ2v) is 6.57. The van der Waals surface area contributed by atoms with Gasteiger partial charge in [-0.3, -0.25) is 9.89 Å². The summed E-state index contributed by atoms with van der Waals surface area (Å²) in [6.45, 7) is 0. The molecule has 4 N–H and O–H groups in total. The van der Waals surface area contributed by atoms with E-state index in [0.717, 1.165) is 22.0 Å². The summed E-state index contributed by atoms with van der Waals surface area (Å²) in [7, 11) is 0. The SMILES string of the molecule is Nc1n[nH]c2cccc(C#Cc3cccc(NC(=O)c4cccc(Cl)c4)c3)c12. The van der Waals surface area contributed by atoms with Gasteiger partial charge in [-0.05, 0) is 48.5 Å². The molecule has 136 valence electrons. The molecule has 1 heterocycles. The molecule has 0 atom stereocenters. The van der Waals surface area contributed by atoms with Crippen LogP contribution < -0.4 is 11.1 Å². The van der Waals surface area contributed by atoms with Gasteiger partial charge in [-0.25, -0.2) is 0 Å². The van der Waals surface area contributed by atoms with Gasteiger partial charge in [0, 0.05) is 27.4 Å². The van der Waals surface area contributed by atoms with Crippen molar-refractivity contribution in [3.8, 4) is 11.8 Å². The average Bonchev–Trinajstić information content (AvgIpc) is 3.08. The van der Waals surface area contributed by atoms with Crippen LogP contribution in [-0.2, 0) is 0 Å². The number of amides is 1. The zero-order valence-electron chi connectivity index (χ0n) is 14.7. The number of H-pyrrole nitrogens is 1. The lowest BCUT2D eigenvalue weighted by atomic mass is 10.1. The first-order valence-electron chi connectivity index (χ1n) is 8.52. The van der Waals surface area contributed by atoms with E-state index in [4.69, 9.17) is 17.3 Å². The van der Waals surface area contributed by atoms with E-state index in [1.807, 2.05) is 42.5 Å². The Hall–Kier alpha value is -3.75. The van der Waals surface area contributed by atoms with E-state index < -0.39 is 0 Å². The van der Waals surface area contributed by atoms with Crippen molar-refractivity contribution in [3.63, 3.8) is 0 Å². The largest absolute Gasteiger partial charge is 0.382 e. The summed E-state index contributed by atoms with van der Waals surface area (Å²) in [5, 5.41) is 11.1. The maximum absolute atomic E-state index is 12.4. The number of nitrogens with one attached hydrogen (secondary N) is 2. The van der Waals surface area contributed by atoms with Crippen molar-refractivity contribution in [3.05, 3.63) is 88.4 Å². The molecule has 0 aliphatic heterocycles. The number of anilines is 2. The van der Waals surface area contributed by atoms with Crippen LogP contribution >= 0.6 is 11.6 Å². The Morgan fingerprint density at radius 2 is 1.86 bits per heavy atom. The first-order valence-corrected chi connectivity index (χ1v) is 8.89. The number of hydrogen-bond donors (Lipinski definition) is 3. The molecule has 5 nitrogen and oxygen atoms in total. The van der Waals surface area contributed by atoms with E-state index in [1.165, 1.54) is 0 Å². The van der Waals surface area contributed by atoms with Crippen LogP contribution in [0.4, 0.5) is 11.5 Å². The van der Waals surface area contributed by atoms with Gasteiger partial charge in [0.1, 0.15) is 0 Å². The third-order valence-corrected chi connectivity index (χ3v) is 4.40. The molecule has 0 aliphatic rings. The van der Waals surface area contributed by atoms with Gasteiger partial charge in [-0.15, -0.1) is 0 Å². The van der Waals surface area contributed by atoms with Crippen molar-refractivity contribution in [1.82, 2.24) is 10.2 Å². The number of hydrogen-bond acceptors (Lipinski definition) is 3. The maximum atomic E-state index is 12.4. The molecular weight excluding hydrogens is 372 g/mol. The third-order valence-electron chi connectivity index (χ3n) is 4.17. The Bertz CT molecular complexity index is 1250. The van der Waals surface area contributed by atoms with Crippen LogP contribution in [0.15, 0.2) is 66.7 Å². The van der Waals surface area contributed by atoms with Crippen LogP contribution in [0.2, 0.25) is 5.02 Å². The summed E-state index contributed by atoms with van der Waals surface area (Å²) in [4.78, 5) is 12.4. The molecule has 0 bridgehead atoms. The molecule has 0 unspecified atom stereocenters. The van der Waals surface area contributed by atoms with E-state index in [2.05, 4.69) is 27.4 Å². The van der Waals surface area contributed by atoms with E-state index in [0.29, 0.717) is 22.1 Å². The molecule has 0 radical (unpaired) electrons. The number of rotatable bonds is 2. The molecule has 28 heavy (non-hydrogen) atoms. The fraction of sp³-hybridized carbons (Fsp3) is 0. The Kier molecular flexibility index (Phi) is 4.71. The minimum absolute atomic E-state index is 0.233. The number of nitrogens with zero attached hydrogens (tertiary/aromatic N) is 1. The van der Waals surface area contributed by atoms with Crippen LogP contribution in [0.5, 0.6) is 0 Å². The molecule has 3 aromatic carbocycles. The molecule has 1 aromatic heterocycles. The first-order chi connectivity index (χ1) is 13.6. The summed E-state index contributed by atoms with van der Waals surface area (Å²) in [5.41, 5.74) is 9.46. The minimum atomic E-state index is -0.233. The summed E-state index contributed by atoms with van der Waals surface area (Å²) in [6.07, 6.45) is 0. The molecule has 0 saturated carbocycles. The molecule has 4 rings (SSSR count). The second-order valence-electron chi connectivity index (χ2n) is 6.13. The van der Waals surface area contributed by atoms with Gasteiger partial charge in [-0.1, -0.05) is 41.6 Å². The van der Waals surface area contributed by atoms with Crippen molar-refractivity contribution in [1.29, 1.82) is 0 Å². The van der Waals surface area contributed by atoms with Gasteiger partial charge < -0.3 is 11.1 Å². The maximum Gasteiger partial charge on any atom is 0.255 e. The number of carbonyl (C=O) groups is 1. The number of carbonyl (C=O) groups excluding carboxylic acids is 1. The number of nitrogen functional groups attached to an aromatic ring is 1. The number of fused-ring (bicyclic) bond motifs is 1. The van der Waals surface area contributed by atoms with Crippen LogP contribution in [0.3, 0.4) is 0 Å². The Morgan fingerprint density at radius 3 is 2.71 bits per heavy atom. The van der Waals surface area contributed by atoms with Gasteiger partial charge in [0.05, 0.1) is 10.9 Å². The third kappa shape index (κ3) is 3.68. The Morgan fingerprint density at radius 1 is 1.04 bits per heavy atom. The minimum Gasteiger partial charge on any atom is -0.382 e. The Balaban J connectivity index is 1.59. The van der Waals surface area contributed by atoms with Crippen molar-refractivity contribution in [2.45, 2.75) is 0 Å². The van der Waals surface area contributed by atoms with Crippen molar-refractivity contribution < 1.29 is 4.79 Å². The molecule has 1 amide bonds. The lowest BCUT2D eigenvalue weighted by molar-refractivity contribution is 0.102. The molecule has 0 aliphatic carbocycles. The topological polar surface area (TPSA) is 83.8 Å². The summed E-state index contributed by atoms with van der Waals surface area (Å²) in [5.74, 6) is 6.43.